The van der Waals surface area contributed by atoms with Crippen molar-refractivity contribution in [1.82, 2.24) is 0 Å². The number of hydrogen-bond donors (Lipinski definition) is 1. The SMILES string of the molecule is O=S(=O)(Nc1ccc(Br)cc1F)c1ccccc1F. The first-order valence-electron chi connectivity index (χ1n) is 5.12. The van der Waals surface area contributed by atoms with Crippen molar-refractivity contribution >= 4 is 31.6 Å². The second-order valence-electron chi connectivity index (χ2n) is 3.66. The molecule has 3 nitrogen and oxygen atoms in total. The third-order valence-electron chi connectivity index (χ3n) is 2.30. The number of nitrogens with one attached hydrogen (secondary N) is 1. The van der Waals surface area contributed by atoms with Crippen LogP contribution in [0.3, 0.4) is 0 Å². The van der Waals surface area contributed by atoms with E-state index in [2.05, 4.69) is 15.9 Å². The summed E-state index contributed by atoms with van der Waals surface area (Å²) in [6, 6.07) is 8.71. The molecule has 0 amide bonds. The van der Waals surface area contributed by atoms with Crippen LogP contribution in [0.2, 0.25) is 0 Å². The van der Waals surface area contributed by atoms with Crippen LogP contribution in [0.4, 0.5) is 14.5 Å². The zero-order valence-corrected chi connectivity index (χ0v) is 11.8. The van der Waals surface area contributed by atoms with E-state index in [0.29, 0.717) is 4.47 Å². The minimum atomic E-state index is -4.16. The molecule has 0 bridgehead atoms. The molecule has 2 aromatic rings. The molecule has 0 aliphatic rings. The lowest BCUT2D eigenvalue weighted by molar-refractivity contribution is 0.569. The van der Waals surface area contributed by atoms with Gasteiger partial charge in [-0.2, -0.15) is 0 Å². The van der Waals surface area contributed by atoms with Gasteiger partial charge in [-0.25, -0.2) is 17.2 Å². The molecule has 2 aromatic carbocycles. The van der Waals surface area contributed by atoms with Gasteiger partial charge in [-0.3, -0.25) is 4.72 Å². The Labute approximate surface area is 117 Å². The maximum Gasteiger partial charge on any atom is 0.264 e. The van der Waals surface area contributed by atoms with E-state index in [1.54, 1.807) is 0 Å². The molecule has 0 unspecified atom stereocenters. The average Bonchev–Trinajstić information content (AvgIpc) is 2.33. The standard InChI is InChI=1S/C12H8BrF2NO2S/c13-8-5-6-11(10(15)7-8)16-19(17,18)12-4-2-1-3-9(12)14/h1-7,16H. The highest BCUT2D eigenvalue weighted by molar-refractivity contribution is 9.10. The Hall–Kier alpha value is -1.47. The molecule has 100 valence electrons. The van der Waals surface area contributed by atoms with Crippen LogP contribution in [-0.2, 0) is 10.0 Å². The molecule has 0 heterocycles. The summed E-state index contributed by atoms with van der Waals surface area (Å²) < 4.78 is 53.3. The minimum Gasteiger partial charge on any atom is -0.277 e. The fourth-order valence-electron chi connectivity index (χ4n) is 1.43. The largest absolute Gasteiger partial charge is 0.277 e. The van der Waals surface area contributed by atoms with Crippen molar-refractivity contribution in [2.24, 2.45) is 0 Å². The summed E-state index contributed by atoms with van der Waals surface area (Å²) in [4.78, 5) is -0.530. The minimum absolute atomic E-state index is 0.244. The number of sulfonamides is 1. The summed E-state index contributed by atoms with van der Waals surface area (Å²) in [5.74, 6) is -1.65. The smallest absolute Gasteiger partial charge is 0.264 e. The zero-order chi connectivity index (χ0) is 14.0. The van der Waals surface area contributed by atoms with Gasteiger partial charge in [0.1, 0.15) is 16.5 Å². The van der Waals surface area contributed by atoms with Crippen molar-refractivity contribution in [3.05, 3.63) is 58.6 Å². The van der Waals surface area contributed by atoms with Gasteiger partial charge in [0.05, 0.1) is 5.69 Å². The topological polar surface area (TPSA) is 46.2 Å². The van der Waals surface area contributed by atoms with Gasteiger partial charge in [0, 0.05) is 4.47 Å². The van der Waals surface area contributed by atoms with Gasteiger partial charge in [-0.1, -0.05) is 28.1 Å². The second kappa shape index (κ2) is 5.26. The Morgan fingerprint density at radius 3 is 2.32 bits per heavy atom. The molecule has 0 aromatic heterocycles. The maximum absolute atomic E-state index is 13.5. The van der Waals surface area contributed by atoms with E-state index in [1.807, 2.05) is 4.72 Å². The Bertz CT molecular complexity index is 719. The Morgan fingerprint density at radius 1 is 1.00 bits per heavy atom. The van der Waals surface area contributed by atoms with Crippen LogP contribution in [0, 0.1) is 11.6 Å². The third-order valence-corrected chi connectivity index (χ3v) is 4.19. The summed E-state index contributed by atoms with van der Waals surface area (Å²) >= 11 is 3.06. The lowest BCUT2D eigenvalue weighted by Crippen LogP contribution is -2.15. The molecule has 0 aliphatic carbocycles. The molecule has 0 saturated carbocycles. The molecule has 0 aliphatic heterocycles. The predicted molar refractivity (Wildman–Crippen MR) is 71.3 cm³/mol. The van der Waals surface area contributed by atoms with Gasteiger partial charge in [-0.05, 0) is 30.3 Å². The quantitative estimate of drug-likeness (QED) is 0.923. The van der Waals surface area contributed by atoms with Gasteiger partial charge in [-0.15, -0.1) is 0 Å². The summed E-state index contributed by atoms with van der Waals surface area (Å²) in [6.45, 7) is 0. The van der Waals surface area contributed by atoms with E-state index in [1.165, 1.54) is 24.3 Å². The van der Waals surface area contributed by atoms with E-state index in [4.69, 9.17) is 0 Å². The van der Waals surface area contributed by atoms with E-state index in [9.17, 15) is 17.2 Å². The fourth-order valence-corrected chi connectivity index (χ4v) is 2.92. The number of hydrogen-bond acceptors (Lipinski definition) is 2. The Kier molecular flexibility index (Phi) is 3.86. The second-order valence-corrected chi connectivity index (χ2v) is 6.23. The lowest BCUT2D eigenvalue weighted by atomic mass is 10.3. The molecule has 0 atom stereocenters. The van der Waals surface area contributed by atoms with Crippen molar-refractivity contribution in [2.75, 3.05) is 4.72 Å². The molecule has 0 fully saturated rings. The molecular weight excluding hydrogens is 340 g/mol. The Morgan fingerprint density at radius 2 is 1.68 bits per heavy atom. The van der Waals surface area contributed by atoms with Crippen molar-refractivity contribution < 1.29 is 17.2 Å². The number of benzene rings is 2. The number of rotatable bonds is 3. The monoisotopic (exact) mass is 347 g/mol. The van der Waals surface area contributed by atoms with Crippen molar-refractivity contribution in [3.8, 4) is 0 Å². The van der Waals surface area contributed by atoms with E-state index in [0.717, 1.165) is 18.2 Å². The molecule has 0 spiro atoms. The van der Waals surface area contributed by atoms with E-state index in [-0.39, 0.29) is 5.69 Å². The first-order chi connectivity index (χ1) is 8.90. The highest BCUT2D eigenvalue weighted by atomic mass is 79.9. The molecule has 19 heavy (non-hydrogen) atoms. The van der Waals surface area contributed by atoms with Crippen molar-refractivity contribution in [2.45, 2.75) is 4.90 Å². The van der Waals surface area contributed by atoms with Crippen LogP contribution in [0.5, 0.6) is 0 Å². The maximum atomic E-state index is 13.5. The van der Waals surface area contributed by atoms with Crippen LogP contribution in [0.1, 0.15) is 0 Å². The summed E-state index contributed by atoms with van der Waals surface area (Å²) in [5, 5.41) is 0. The predicted octanol–water partition coefficient (Wildman–Crippen LogP) is 3.53. The molecule has 0 saturated heterocycles. The van der Waals surface area contributed by atoms with Crippen LogP contribution >= 0.6 is 15.9 Å². The van der Waals surface area contributed by atoms with Crippen LogP contribution in [-0.4, -0.2) is 8.42 Å². The molecule has 1 N–H and O–H groups in total. The summed E-state index contributed by atoms with van der Waals surface area (Å²) in [6.07, 6.45) is 0. The average molecular weight is 348 g/mol. The Balaban J connectivity index is 2.40. The molecule has 2 rings (SSSR count). The van der Waals surface area contributed by atoms with Gasteiger partial charge in [0.2, 0.25) is 0 Å². The van der Waals surface area contributed by atoms with Crippen molar-refractivity contribution in [3.63, 3.8) is 0 Å². The van der Waals surface area contributed by atoms with Crippen LogP contribution in [0.15, 0.2) is 51.8 Å². The number of anilines is 1. The van der Waals surface area contributed by atoms with Gasteiger partial charge in [0.25, 0.3) is 10.0 Å². The van der Waals surface area contributed by atoms with Crippen LogP contribution < -0.4 is 4.72 Å². The number of halogens is 3. The van der Waals surface area contributed by atoms with Gasteiger partial charge in [0.15, 0.2) is 0 Å². The van der Waals surface area contributed by atoms with E-state index >= 15 is 0 Å². The third kappa shape index (κ3) is 3.10. The van der Waals surface area contributed by atoms with Gasteiger partial charge < -0.3 is 0 Å². The molecular formula is C12H8BrF2NO2S. The summed E-state index contributed by atoms with van der Waals surface area (Å²) in [7, 11) is -4.16. The zero-order valence-electron chi connectivity index (χ0n) is 9.40. The fraction of sp³-hybridized carbons (Fsp3) is 0. The first-order valence-corrected chi connectivity index (χ1v) is 7.40. The van der Waals surface area contributed by atoms with Crippen LogP contribution in [0.25, 0.3) is 0 Å². The molecule has 7 heteroatoms. The van der Waals surface area contributed by atoms with E-state index < -0.39 is 26.6 Å². The van der Waals surface area contributed by atoms with Gasteiger partial charge >= 0.3 is 0 Å². The normalized spacial score (nSPS) is 11.3. The summed E-state index contributed by atoms with van der Waals surface area (Å²) in [5.41, 5.74) is -0.244. The highest BCUT2D eigenvalue weighted by Gasteiger charge is 2.19. The highest BCUT2D eigenvalue weighted by Crippen LogP contribution is 2.23. The first kappa shape index (κ1) is 14.0. The lowest BCUT2D eigenvalue weighted by Gasteiger charge is -2.09. The molecule has 0 radical (unpaired) electrons. The van der Waals surface area contributed by atoms with Crippen molar-refractivity contribution in [1.29, 1.82) is 0 Å².